The molecule has 12 heavy (non-hydrogen) atoms. The highest BCUT2D eigenvalue weighted by Gasteiger charge is 2.13. The molecule has 0 radical (unpaired) electrons. The lowest BCUT2D eigenvalue weighted by Crippen LogP contribution is -2.28. The van der Waals surface area contributed by atoms with Crippen LogP contribution in [-0.2, 0) is 0 Å². The Morgan fingerprint density at radius 2 is 2.25 bits per heavy atom. The van der Waals surface area contributed by atoms with Crippen LogP contribution in [0.15, 0.2) is 29.2 Å². The van der Waals surface area contributed by atoms with E-state index in [2.05, 4.69) is 6.07 Å². The number of para-hydroxylation sites is 1. The summed E-state index contributed by atoms with van der Waals surface area (Å²) in [5.74, 6) is 1.91. The lowest BCUT2D eigenvalue weighted by atomic mass is 10.3. The maximum absolute atomic E-state index is 5.77. The van der Waals surface area contributed by atoms with Gasteiger partial charge in [0.15, 0.2) is 0 Å². The first kappa shape index (κ1) is 7.95. The van der Waals surface area contributed by atoms with Gasteiger partial charge in [-0.15, -0.1) is 11.8 Å². The number of benzene rings is 1. The first-order chi connectivity index (χ1) is 5.86. The zero-order chi connectivity index (χ0) is 8.39. The average Bonchev–Trinajstić information content (AvgIpc) is 2.29. The number of rotatable bonds is 0. The highest BCUT2D eigenvalue weighted by Crippen LogP contribution is 2.31. The Kier molecular flexibility index (Phi) is 2.23. The molecule has 0 aliphatic carbocycles. The minimum atomic E-state index is 0.155. The summed E-state index contributed by atoms with van der Waals surface area (Å²) in [6, 6.07) is 8.21. The summed E-state index contributed by atoms with van der Waals surface area (Å²) in [6.45, 7) is 0.629. The van der Waals surface area contributed by atoms with Crippen molar-refractivity contribution in [3.63, 3.8) is 0 Å². The molecule has 0 amide bonds. The fourth-order valence-corrected chi connectivity index (χ4v) is 2.06. The van der Waals surface area contributed by atoms with Crippen molar-refractivity contribution < 1.29 is 4.74 Å². The fraction of sp³-hybridized carbons (Fsp3) is 0.333. The second-order valence-electron chi connectivity index (χ2n) is 2.83. The molecule has 1 aliphatic rings. The number of fused-ring (bicyclic) bond motifs is 1. The Morgan fingerprint density at radius 1 is 1.42 bits per heavy atom. The summed E-state index contributed by atoms with van der Waals surface area (Å²) in [4.78, 5) is 1.20. The van der Waals surface area contributed by atoms with Crippen molar-refractivity contribution >= 4 is 11.8 Å². The van der Waals surface area contributed by atoms with Crippen molar-refractivity contribution in [2.75, 3.05) is 12.4 Å². The summed E-state index contributed by atoms with van der Waals surface area (Å²) in [5, 5.41) is 0. The van der Waals surface area contributed by atoms with E-state index in [1.54, 1.807) is 11.8 Å². The van der Waals surface area contributed by atoms with Gasteiger partial charge in [-0.25, -0.2) is 0 Å². The third-order valence-corrected chi connectivity index (χ3v) is 3.00. The highest BCUT2D eigenvalue weighted by atomic mass is 32.2. The first-order valence-electron chi connectivity index (χ1n) is 3.96. The maximum Gasteiger partial charge on any atom is 0.132 e. The number of ether oxygens (including phenoxy) is 1. The van der Waals surface area contributed by atoms with Crippen LogP contribution in [0.3, 0.4) is 0 Å². The van der Waals surface area contributed by atoms with Crippen LogP contribution in [0.2, 0.25) is 0 Å². The van der Waals surface area contributed by atoms with Gasteiger partial charge in [-0.3, -0.25) is 0 Å². The van der Waals surface area contributed by atoms with Gasteiger partial charge in [0.05, 0.1) is 0 Å². The molecule has 1 heterocycles. The largest absolute Gasteiger partial charge is 0.491 e. The van der Waals surface area contributed by atoms with E-state index in [4.69, 9.17) is 10.5 Å². The molecule has 64 valence electrons. The van der Waals surface area contributed by atoms with E-state index in [1.807, 2.05) is 18.2 Å². The molecule has 2 N–H and O–H groups in total. The third kappa shape index (κ3) is 1.57. The van der Waals surface area contributed by atoms with E-state index in [0.717, 1.165) is 11.5 Å². The molecule has 1 aromatic rings. The van der Waals surface area contributed by atoms with Crippen LogP contribution in [0.4, 0.5) is 0 Å². The Morgan fingerprint density at radius 3 is 3.17 bits per heavy atom. The summed E-state index contributed by atoms with van der Waals surface area (Å²) in [5.41, 5.74) is 5.77. The van der Waals surface area contributed by atoms with E-state index in [0.29, 0.717) is 6.61 Å². The SMILES string of the molecule is N[C@H]1COc2ccccc2SC1. The van der Waals surface area contributed by atoms with Gasteiger partial charge in [-0.2, -0.15) is 0 Å². The Labute approximate surface area is 76.1 Å². The summed E-state index contributed by atoms with van der Waals surface area (Å²) < 4.78 is 5.51. The molecule has 0 spiro atoms. The average molecular weight is 181 g/mol. The molecule has 0 aromatic heterocycles. The van der Waals surface area contributed by atoms with Gasteiger partial charge in [0, 0.05) is 16.7 Å². The monoisotopic (exact) mass is 181 g/mol. The molecular formula is C9H11NOS. The predicted octanol–water partition coefficient (Wildman–Crippen LogP) is 1.50. The van der Waals surface area contributed by atoms with Crippen LogP contribution >= 0.6 is 11.8 Å². The quantitative estimate of drug-likeness (QED) is 0.658. The van der Waals surface area contributed by atoms with E-state index >= 15 is 0 Å². The van der Waals surface area contributed by atoms with Gasteiger partial charge in [0.2, 0.25) is 0 Å². The lowest BCUT2D eigenvalue weighted by Gasteiger charge is -2.06. The molecule has 0 saturated carbocycles. The molecular weight excluding hydrogens is 170 g/mol. The molecule has 2 nitrogen and oxygen atoms in total. The number of nitrogens with two attached hydrogens (primary N) is 1. The van der Waals surface area contributed by atoms with Crippen molar-refractivity contribution in [3.8, 4) is 5.75 Å². The molecule has 0 saturated heterocycles. The molecule has 1 aromatic carbocycles. The lowest BCUT2D eigenvalue weighted by molar-refractivity contribution is 0.295. The van der Waals surface area contributed by atoms with Gasteiger partial charge in [-0.1, -0.05) is 12.1 Å². The van der Waals surface area contributed by atoms with E-state index in [9.17, 15) is 0 Å². The highest BCUT2D eigenvalue weighted by molar-refractivity contribution is 7.99. The zero-order valence-corrected chi connectivity index (χ0v) is 7.51. The van der Waals surface area contributed by atoms with Crippen molar-refractivity contribution in [2.24, 2.45) is 5.73 Å². The van der Waals surface area contributed by atoms with Crippen LogP contribution in [0.5, 0.6) is 5.75 Å². The van der Waals surface area contributed by atoms with E-state index in [1.165, 1.54) is 4.90 Å². The topological polar surface area (TPSA) is 35.2 Å². The molecule has 3 heteroatoms. The fourth-order valence-electron chi connectivity index (χ4n) is 1.13. The number of hydrogen-bond acceptors (Lipinski definition) is 3. The van der Waals surface area contributed by atoms with Crippen LogP contribution in [0.1, 0.15) is 0 Å². The molecule has 1 aliphatic heterocycles. The van der Waals surface area contributed by atoms with Crippen molar-refractivity contribution in [3.05, 3.63) is 24.3 Å². The van der Waals surface area contributed by atoms with Gasteiger partial charge in [0.25, 0.3) is 0 Å². The Balaban J connectivity index is 2.26. The second-order valence-corrected chi connectivity index (χ2v) is 3.89. The minimum Gasteiger partial charge on any atom is -0.491 e. The van der Waals surface area contributed by atoms with Crippen LogP contribution in [-0.4, -0.2) is 18.4 Å². The van der Waals surface area contributed by atoms with E-state index in [-0.39, 0.29) is 6.04 Å². The third-order valence-electron chi connectivity index (χ3n) is 1.75. The Hall–Kier alpha value is -0.670. The molecule has 0 bridgehead atoms. The minimum absolute atomic E-state index is 0.155. The number of hydrogen-bond donors (Lipinski definition) is 1. The number of thioether (sulfide) groups is 1. The molecule has 0 fully saturated rings. The van der Waals surface area contributed by atoms with Gasteiger partial charge < -0.3 is 10.5 Å². The normalized spacial score (nSPS) is 22.2. The standard InChI is InChI=1S/C9H11NOS/c10-7-5-11-8-3-1-2-4-9(8)12-6-7/h1-4,7H,5-6,10H2/t7-/m0/s1. The zero-order valence-electron chi connectivity index (χ0n) is 6.69. The van der Waals surface area contributed by atoms with Gasteiger partial charge in [-0.05, 0) is 12.1 Å². The van der Waals surface area contributed by atoms with Crippen LogP contribution in [0, 0.1) is 0 Å². The first-order valence-corrected chi connectivity index (χ1v) is 4.95. The summed E-state index contributed by atoms with van der Waals surface area (Å²) in [6.07, 6.45) is 0. The van der Waals surface area contributed by atoms with Gasteiger partial charge in [0.1, 0.15) is 12.4 Å². The van der Waals surface area contributed by atoms with Gasteiger partial charge >= 0.3 is 0 Å². The summed E-state index contributed by atoms with van der Waals surface area (Å²) >= 11 is 1.77. The maximum atomic E-state index is 5.77. The Bertz CT molecular complexity index is 250. The molecule has 2 rings (SSSR count). The smallest absolute Gasteiger partial charge is 0.132 e. The van der Waals surface area contributed by atoms with Crippen molar-refractivity contribution in [2.45, 2.75) is 10.9 Å². The molecule has 1 atom stereocenters. The van der Waals surface area contributed by atoms with Crippen molar-refractivity contribution in [1.82, 2.24) is 0 Å². The summed E-state index contributed by atoms with van der Waals surface area (Å²) in [7, 11) is 0. The van der Waals surface area contributed by atoms with E-state index < -0.39 is 0 Å². The second kappa shape index (κ2) is 3.37. The predicted molar refractivity (Wildman–Crippen MR) is 50.6 cm³/mol. The molecule has 0 unspecified atom stereocenters. The van der Waals surface area contributed by atoms with Crippen LogP contribution < -0.4 is 10.5 Å². The van der Waals surface area contributed by atoms with Crippen LogP contribution in [0.25, 0.3) is 0 Å². The van der Waals surface area contributed by atoms with Crippen molar-refractivity contribution in [1.29, 1.82) is 0 Å².